The number of rotatable bonds is 2. The lowest BCUT2D eigenvalue weighted by Gasteiger charge is -2.37. The van der Waals surface area contributed by atoms with Gasteiger partial charge in [0.05, 0.1) is 0 Å². The van der Waals surface area contributed by atoms with Gasteiger partial charge >= 0.3 is 0 Å². The Bertz CT molecular complexity index is 519. The second kappa shape index (κ2) is 6.44. The fraction of sp³-hybridized carbons (Fsp3) is 0.562. The van der Waals surface area contributed by atoms with E-state index in [1.807, 2.05) is 31.7 Å². The third kappa shape index (κ3) is 4.27. The molecule has 0 spiro atoms. The topological polar surface area (TPSA) is 23.6 Å². The van der Waals surface area contributed by atoms with Gasteiger partial charge in [0.25, 0.3) is 0 Å². The summed E-state index contributed by atoms with van der Waals surface area (Å²) in [6, 6.07) is 4.79. The highest BCUT2D eigenvalue weighted by Crippen LogP contribution is 2.22. The Morgan fingerprint density at radius 2 is 1.86 bits per heavy atom. The largest absolute Gasteiger partial charge is 0.340 e. The van der Waals surface area contributed by atoms with Crippen LogP contribution < -0.4 is 0 Å². The number of hydrogen-bond donors (Lipinski definition) is 0. The van der Waals surface area contributed by atoms with E-state index in [4.69, 9.17) is 0 Å². The normalized spacial score (nSPS) is 17.1. The van der Waals surface area contributed by atoms with Crippen molar-refractivity contribution in [1.82, 2.24) is 9.80 Å². The third-order valence-corrected chi connectivity index (χ3v) is 4.45. The number of carbonyl (C=O) groups is 1. The maximum absolute atomic E-state index is 13.1. The van der Waals surface area contributed by atoms with E-state index in [-0.39, 0.29) is 17.1 Å². The van der Waals surface area contributed by atoms with Crippen LogP contribution in [-0.4, -0.2) is 41.9 Å². The van der Waals surface area contributed by atoms with Gasteiger partial charge in [0.2, 0.25) is 5.91 Å². The summed E-state index contributed by atoms with van der Waals surface area (Å²) in [6.45, 7) is 9.87. The van der Waals surface area contributed by atoms with Crippen molar-refractivity contribution in [3.63, 3.8) is 0 Å². The first-order valence-corrected chi connectivity index (χ1v) is 8.02. The summed E-state index contributed by atoms with van der Waals surface area (Å²) in [5.41, 5.74) is 0.759. The molecule has 1 saturated heterocycles. The molecule has 0 saturated carbocycles. The highest BCUT2D eigenvalue weighted by atomic mass is 79.9. The first-order chi connectivity index (χ1) is 9.77. The molecule has 0 atom stereocenters. The average molecular weight is 357 g/mol. The number of amides is 1. The Morgan fingerprint density at radius 1 is 1.24 bits per heavy atom. The third-order valence-electron chi connectivity index (χ3n) is 3.71. The molecule has 1 aliphatic rings. The Kier molecular flexibility index (Phi) is 5.04. The lowest BCUT2D eigenvalue weighted by molar-refractivity contribution is -0.141. The summed E-state index contributed by atoms with van der Waals surface area (Å²) < 4.78 is 13.9. The summed E-state index contributed by atoms with van der Waals surface area (Å²) in [4.78, 5) is 16.5. The van der Waals surface area contributed by atoms with E-state index in [2.05, 4.69) is 20.8 Å². The van der Waals surface area contributed by atoms with Crippen LogP contribution in [-0.2, 0) is 11.3 Å². The van der Waals surface area contributed by atoms with Gasteiger partial charge in [0.1, 0.15) is 5.82 Å². The minimum Gasteiger partial charge on any atom is -0.340 e. The van der Waals surface area contributed by atoms with Crippen LogP contribution in [0.15, 0.2) is 22.7 Å². The van der Waals surface area contributed by atoms with Crippen molar-refractivity contribution in [2.45, 2.75) is 27.3 Å². The van der Waals surface area contributed by atoms with Gasteiger partial charge in [-0.15, -0.1) is 0 Å². The lowest BCUT2D eigenvalue weighted by atomic mass is 9.94. The molecule has 0 aromatic heterocycles. The summed E-state index contributed by atoms with van der Waals surface area (Å²) in [6.07, 6.45) is 0. The SMILES string of the molecule is CC(C)(C)C(=O)N1CCN(Cc2ccc(F)cc2Br)CC1. The number of hydrogen-bond acceptors (Lipinski definition) is 2. The van der Waals surface area contributed by atoms with Gasteiger partial charge in [-0.3, -0.25) is 9.69 Å². The molecular formula is C16H22BrFN2O. The molecule has 1 aromatic carbocycles. The molecule has 0 aliphatic carbocycles. The van der Waals surface area contributed by atoms with Crippen LogP contribution in [0.2, 0.25) is 0 Å². The van der Waals surface area contributed by atoms with E-state index in [0.29, 0.717) is 0 Å². The van der Waals surface area contributed by atoms with Crippen molar-refractivity contribution in [3.05, 3.63) is 34.1 Å². The second-order valence-corrected chi connectivity index (χ2v) is 7.41. The number of halogens is 2. The first kappa shape index (κ1) is 16.4. The summed E-state index contributed by atoms with van der Waals surface area (Å²) >= 11 is 3.40. The molecule has 0 bridgehead atoms. The minimum absolute atomic E-state index is 0.213. The Labute approximate surface area is 134 Å². The molecule has 116 valence electrons. The predicted molar refractivity (Wildman–Crippen MR) is 85.4 cm³/mol. The summed E-state index contributed by atoms with van der Waals surface area (Å²) in [7, 11) is 0. The fourth-order valence-corrected chi connectivity index (χ4v) is 2.95. The zero-order chi connectivity index (χ0) is 15.6. The van der Waals surface area contributed by atoms with Crippen LogP contribution in [0.4, 0.5) is 4.39 Å². The zero-order valence-electron chi connectivity index (χ0n) is 12.8. The van der Waals surface area contributed by atoms with Gasteiger partial charge in [-0.2, -0.15) is 0 Å². The molecule has 0 radical (unpaired) electrons. The van der Waals surface area contributed by atoms with Crippen LogP contribution in [0.1, 0.15) is 26.3 Å². The van der Waals surface area contributed by atoms with E-state index in [0.717, 1.165) is 42.8 Å². The van der Waals surface area contributed by atoms with E-state index in [1.165, 1.54) is 12.1 Å². The number of benzene rings is 1. The lowest BCUT2D eigenvalue weighted by Crippen LogP contribution is -2.51. The molecule has 21 heavy (non-hydrogen) atoms. The van der Waals surface area contributed by atoms with Gasteiger partial charge in [-0.05, 0) is 17.7 Å². The summed E-state index contributed by atoms with van der Waals surface area (Å²) in [5, 5.41) is 0. The van der Waals surface area contributed by atoms with Crippen molar-refractivity contribution in [1.29, 1.82) is 0 Å². The predicted octanol–water partition coefficient (Wildman–Crippen LogP) is 3.28. The van der Waals surface area contributed by atoms with Gasteiger partial charge in [0, 0.05) is 42.6 Å². The summed E-state index contributed by atoms with van der Waals surface area (Å²) in [5.74, 6) is -0.0173. The van der Waals surface area contributed by atoms with Crippen LogP contribution in [0, 0.1) is 11.2 Å². The Hall–Kier alpha value is -0.940. The monoisotopic (exact) mass is 356 g/mol. The molecule has 1 aromatic rings. The molecule has 2 rings (SSSR count). The highest BCUT2D eigenvalue weighted by molar-refractivity contribution is 9.10. The van der Waals surface area contributed by atoms with Crippen LogP contribution in [0.3, 0.4) is 0 Å². The number of piperazine rings is 1. The first-order valence-electron chi connectivity index (χ1n) is 7.23. The zero-order valence-corrected chi connectivity index (χ0v) is 14.4. The molecular weight excluding hydrogens is 335 g/mol. The number of carbonyl (C=O) groups excluding carboxylic acids is 1. The van der Waals surface area contributed by atoms with Gasteiger partial charge in [0.15, 0.2) is 0 Å². The van der Waals surface area contributed by atoms with E-state index in [1.54, 1.807) is 0 Å². The Balaban J connectivity index is 1.91. The number of nitrogens with zero attached hydrogens (tertiary/aromatic N) is 2. The van der Waals surface area contributed by atoms with Crippen molar-refractivity contribution >= 4 is 21.8 Å². The van der Waals surface area contributed by atoms with Crippen molar-refractivity contribution in [2.75, 3.05) is 26.2 Å². The van der Waals surface area contributed by atoms with Crippen molar-refractivity contribution in [3.8, 4) is 0 Å². The van der Waals surface area contributed by atoms with Crippen molar-refractivity contribution in [2.24, 2.45) is 5.41 Å². The quantitative estimate of drug-likeness (QED) is 0.811. The molecule has 1 aliphatic heterocycles. The fourth-order valence-electron chi connectivity index (χ4n) is 2.47. The molecule has 1 amide bonds. The van der Waals surface area contributed by atoms with Crippen LogP contribution >= 0.6 is 15.9 Å². The van der Waals surface area contributed by atoms with E-state index in [9.17, 15) is 9.18 Å². The minimum atomic E-state index is -0.317. The maximum Gasteiger partial charge on any atom is 0.228 e. The van der Waals surface area contributed by atoms with Gasteiger partial charge < -0.3 is 4.90 Å². The molecule has 0 unspecified atom stereocenters. The van der Waals surface area contributed by atoms with E-state index >= 15 is 0 Å². The molecule has 1 fully saturated rings. The molecule has 1 heterocycles. The molecule has 3 nitrogen and oxygen atoms in total. The van der Waals surface area contributed by atoms with E-state index < -0.39 is 0 Å². The Morgan fingerprint density at radius 3 is 2.38 bits per heavy atom. The van der Waals surface area contributed by atoms with Crippen LogP contribution in [0.5, 0.6) is 0 Å². The van der Waals surface area contributed by atoms with Gasteiger partial charge in [-0.25, -0.2) is 4.39 Å². The smallest absolute Gasteiger partial charge is 0.228 e. The van der Waals surface area contributed by atoms with Crippen LogP contribution in [0.25, 0.3) is 0 Å². The highest BCUT2D eigenvalue weighted by Gasteiger charge is 2.29. The maximum atomic E-state index is 13.1. The van der Waals surface area contributed by atoms with Gasteiger partial charge in [-0.1, -0.05) is 42.8 Å². The molecule has 5 heteroatoms. The molecule has 0 N–H and O–H groups in total. The van der Waals surface area contributed by atoms with Crippen molar-refractivity contribution < 1.29 is 9.18 Å². The second-order valence-electron chi connectivity index (χ2n) is 6.55. The standard InChI is InChI=1S/C16H22BrFN2O/c1-16(2,3)15(21)20-8-6-19(7-9-20)11-12-4-5-13(18)10-14(12)17/h4-5,10H,6-9,11H2,1-3H3. The average Bonchev–Trinajstić information content (AvgIpc) is 2.41.